The van der Waals surface area contributed by atoms with E-state index in [0.717, 1.165) is 13.1 Å². The molecular formula is C19H27F3N2O4. The number of benzene rings is 1. The van der Waals surface area contributed by atoms with Crippen LogP contribution in [0.5, 0.6) is 5.75 Å². The maximum Gasteiger partial charge on any atom is 0.401 e. The van der Waals surface area contributed by atoms with E-state index in [-0.39, 0.29) is 25.0 Å². The second kappa shape index (κ2) is 10.6. The largest absolute Gasteiger partial charge is 0.491 e. The van der Waals surface area contributed by atoms with Gasteiger partial charge in [-0.25, -0.2) is 0 Å². The van der Waals surface area contributed by atoms with Crippen molar-refractivity contribution in [3.63, 3.8) is 0 Å². The lowest BCUT2D eigenvalue weighted by molar-refractivity contribution is -0.147. The Hall–Kier alpha value is -1.84. The smallest absolute Gasteiger partial charge is 0.401 e. The third-order valence-electron chi connectivity index (χ3n) is 4.61. The van der Waals surface area contributed by atoms with E-state index in [1.54, 1.807) is 24.3 Å². The quantitative estimate of drug-likeness (QED) is 0.614. The number of carbonyl (C=O) groups is 1. The fourth-order valence-corrected chi connectivity index (χ4v) is 3.11. The summed E-state index contributed by atoms with van der Waals surface area (Å²) in [6.45, 7) is 1.08. The number of hydrogen-bond acceptors (Lipinski definition) is 6. The average molecular weight is 404 g/mol. The number of ether oxygens (including phenoxy) is 2. The Morgan fingerprint density at radius 1 is 1.29 bits per heavy atom. The molecule has 2 N–H and O–H groups in total. The van der Waals surface area contributed by atoms with Gasteiger partial charge in [-0.15, -0.1) is 0 Å². The number of alkyl halides is 3. The van der Waals surface area contributed by atoms with Gasteiger partial charge in [0.25, 0.3) is 0 Å². The minimum atomic E-state index is -4.23. The Balaban J connectivity index is 1.66. The molecule has 1 heterocycles. The van der Waals surface area contributed by atoms with Crippen molar-refractivity contribution >= 4 is 5.97 Å². The molecule has 0 aliphatic carbocycles. The van der Waals surface area contributed by atoms with Crippen LogP contribution in [0.25, 0.3) is 0 Å². The molecule has 1 atom stereocenters. The Morgan fingerprint density at radius 2 is 1.93 bits per heavy atom. The van der Waals surface area contributed by atoms with E-state index in [4.69, 9.17) is 9.47 Å². The number of carbonyl (C=O) groups excluding carboxylic acids is 1. The first-order valence-corrected chi connectivity index (χ1v) is 9.24. The van der Waals surface area contributed by atoms with Crippen LogP contribution in [0.15, 0.2) is 24.3 Å². The number of hydrogen-bond donors (Lipinski definition) is 2. The van der Waals surface area contributed by atoms with Crippen LogP contribution < -0.4 is 10.1 Å². The van der Waals surface area contributed by atoms with Crippen molar-refractivity contribution in [3.05, 3.63) is 29.8 Å². The first-order valence-electron chi connectivity index (χ1n) is 9.24. The molecule has 6 nitrogen and oxygen atoms in total. The molecule has 1 aliphatic heterocycles. The first kappa shape index (κ1) is 22.4. The highest BCUT2D eigenvalue weighted by atomic mass is 19.4. The van der Waals surface area contributed by atoms with E-state index < -0.39 is 18.8 Å². The highest BCUT2D eigenvalue weighted by Gasteiger charge is 2.27. The molecular weight excluding hydrogens is 377 g/mol. The number of aliphatic hydroxyl groups is 1. The lowest BCUT2D eigenvalue weighted by Crippen LogP contribution is -2.42. The zero-order chi connectivity index (χ0) is 20.6. The highest BCUT2D eigenvalue weighted by Crippen LogP contribution is 2.19. The first-order chi connectivity index (χ1) is 13.3. The van der Waals surface area contributed by atoms with Crippen molar-refractivity contribution in [1.29, 1.82) is 0 Å². The van der Waals surface area contributed by atoms with Gasteiger partial charge in [-0.2, -0.15) is 13.2 Å². The van der Waals surface area contributed by atoms with E-state index in [0.29, 0.717) is 30.7 Å². The second-order valence-electron chi connectivity index (χ2n) is 6.93. The van der Waals surface area contributed by atoms with Gasteiger partial charge in [0, 0.05) is 13.1 Å². The molecule has 2 rings (SSSR count). The van der Waals surface area contributed by atoms with Gasteiger partial charge in [0.15, 0.2) is 0 Å². The van der Waals surface area contributed by atoms with E-state index in [1.807, 2.05) is 0 Å². The number of nitrogens with one attached hydrogen (secondary N) is 1. The Morgan fingerprint density at radius 3 is 2.50 bits per heavy atom. The van der Waals surface area contributed by atoms with Crippen LogP contribution in [0, 0.1) is 5.92 Å². The van der Waals surface area contributed by atoms with Gasteiger partial charge in [0.05, 0.1) is 19.6 Å². The monoisotopic (exact) mass is 404 g/mol. The summed E-state index contributed by atoms with van der Waals surface area (Å²) >= 11 is 0. The van der Waals surface area contributed by atoms with Crippen LogP contribution >= 0.6 is 0 Å². The van der Waals surface area contributed by atoms with E-state index in [2.05, 4.69) is 10.2 Å². The third-order valence-corrected chi connectivity index (χ3v) is 4.61. The van der Waals surface area contributed by atoms with Crippen molar-refractivity contribution in [2.45, 2.75) is 31.7 Å². The van der Waals surface area contributed by atoms with Crippen LogP contribution in [-0.4, -0.2) is 68.2 Å². The summed E-state index contributed by atoms with van der Waals surface area (Å²) in [7, 11) is 1.39. The fourth-order valence-electron chi connectivity index (χ4n) is 3.11. The van der Waals surface area contributed by atoms with Crippen molar-refractivity contribution in [2.24, 2.45) is 5.92 Å². The number of nitrogens with zero attached hydrogens (tertiary/aromatic N) is 1. The number of β-amino-alcohol motifs (C(OH)–C–C–N with tert-alkyl or cyclic N) is 1. The van der Waals surface area contributed by atoms with Gasteiger partial charge in [-0.1, -0.05) is 12.1 Å². The molecule has 0 saturated carbocycles. The molecule has 1 aromatic rings. The molecule has 1 fully saturated rings. The minimum Gasteiger partial charge on any atom is -0.491 e. The van der Waals surface area contributed by atoms with Crippen molar-refractivity contribution in [3.8, 4) is 5.75 Å². The number of likely N-dealkylation sites (tertiary alicyclic amines) is 1. The lowest BCUT2D eigenvalue weighted by atomic mass is 9.97. The number of aliphatic hydroxyl groups excluding tert-OH is 1. The normalized spacial score (nSPS) is 17.3. The number of methoxy groups -OCH3 is 1. The summed E-state index contributed by atoms with van der Waals surface area (Å²) in [5.41, 5.74) is 0.714. The maximum atomic E-state index is 12.1. The minimum absolute atomic E-state index is 0.0706. The molecule has 1 unspecified atom stereocenters. The molecule has 158 valence electrons. The molecule has 28 heavy (non-hydrogen) atoms. The zero-order valence-electron chi connectivity index (χ0n) is 15.9. The molecule has 0 amide bonds. The van der Waals surface area contributed by atoms with Crippen molar-refractivity contribution in [2.75, 3.05) is 39.9 Å². The summed E-state index contributed by atoms with van der Waals surface area (Å²) < 4.78 is 46.6. The Bertz CT molecular complexity index is 602. The number of esters is 1. The van der Waals surface area contributed by atoms with Crippen LogP contribution in [0.1, 0.15) is 18.4 Å². The SMILES string of the molecule is COC(=O)C1CCN(CC(O)COc2ccc(CNCC(F)(F)F)cc2)CC1. The number of rotatable bonds is 9. The molecule has 0 bridgehead atoms. The van der Waals surface area contributed by atoms with Crippen molar-refractivity contribution in [1.82, 2.24) is 10.2 Å². The molecule has 0 spiro atoms. The number of piperidine rings is 1. The molecule has 0 aromatic heterocycles. The third kappa shape index (κ3) is 8.04. The molecule has 1 aliphatic rings. The zero-order valence-corrected chi connectivity index (χ0v) is 15.9. The summed E-state index contributed by atoms with van der Waals surface area (Å²) in [5.74, 6) is 0.294. The molecule has 0 radical (unpaired) electrons. The van der Waals surface area contributed by atoms with Gasteiger partial charge in [-0.3, -0.25) is 4.79 Å². The van der Waals surface area contributed by atoms with Crippen LogP contribution in [0.3, 0.4) is 0 Å². The van der Waals surface area contributed by atoms with E-state index >= 15 is 0 Å². The lowest BCUT2D eigenvalue weighted by Gasteiger charge is -2.31. The Labute approximate surface area is 162 Å². The molecule has 1 saturated heterocycles. The van der Waals surface area contributed by atoms with E-state index in [9.17, 15) is 23.1 Å². The highest BCUT2D eigenvalue weighted by molar-refractivity contribution is 5.72. The van der Waals surface area contributed by atoms with Crippen LogP contribution in [-0.2, 0) is 16.1 Å². The Kier molecular flexibility index (Phi) is 8.53. The van der Waals surface area contributed by atoms with Crippen LogP contribution in [0.4, 0.5) is 13.2 Å². The second-order valence-corrected chi connectivity index (χ2v) is 6.93. The summed E-state index contributed by atoms with van der Waals surface area (Å²) in [4.78, 5) is 13.6. The summed E-state index contributed by atoms with van der Waals surface area (Å²) in [5, 5.41) is 12.5. The predicted octanol–water partition coefficient (Wildman–Crippen LogP) is 1.96. The van der Waals surface area contributed by atoms with Gasteiger partial charge >= 0.3 is 12.1 Å². The average Bonchev–Trinajstić information content (AvgIpc) is 2.66. The summed E-state index contributed by atoms with van der Waals surface area (Å²) in [6.07, 6.45) is -3.48. The summed E-state index contributed by atoms with van der Waals surface area (Å²) in [6, 6.07) is 6.70. The van der Waals surface area contributed by atoms with Gasteiger partial charge in [-0.05, 0) is 43.6 Å². The molecule has 1 aromatic carbocycles. The van der Waals surface area contributed by atoms with Gasteiger partial charge in [0.1, 0.15) is 18.5 Å². The topological polar surface area (TPSA) is 71.0 Å². The van der Waals surface area contributed by atoms with Crippen molar-refractivity contribution < 1.29 is 32.5 Å². The van der Waals surface area contributed by atoms with E-state index in [1.165, 1.54) is 7.11 Å². The van der Waals surface area contributed by atoms with Gasteiger partial charge in [0.2, 0.25) is 0 Å². The fraction of sp³-hybridized carbons (Fsp3) is 0.632. The maximum absolute atomic E-state index is 12.1. The van der Waals surface area contributed by atoms with Gasteiger partial charge < -0.3 is 24.8 Å². The molecule has 9 heteroatoms. The predicted molar refractivity (Wildman–Crippen MR) is 96.9 cm³/mol. The standard InChI is InChI=1S/C19H27F3N2O4/c1-27-18(26)15-6-8-24(9-7-15)11-16(25)12-28-17-4-2-14(3-5-17)10-23-13-19(20,21)22/h2-5,15-16,23,25H,6-13H2,1H3. The number of halogens is 3. The van der Waals surface area contributed by atoms with Crippen LogP contribution in [0.2, 0.25) is 0 Å².